The van der Waals surface area contributed by atoms with E-state index < -0.39 is 0 Å². The molecule has 0 saturated heterocycles. The van der Waals surface area contributed by atoms with Crippen molar-refractivity contribution < 1.29 is 5.11 Å². The van der Waals surface area contributed by atoms with E-state index in [2.05, 4.69) is 35.1 Å². The number of aliphatic hydroxyl groups is 1. The number of aromatic nitrogens is 1. The average molecular weight is 283 g/mol. The third-order valence-corrected chi connectivity index (χ3v) is 4.07. The number of hydrogen-bond donors (Lipinski definition) is 3. The second kappa shape index (κ2) is 5.30. The van der Waals surface area contributed by atoms with Crippen LogP contribution in [0.1, 0.15) is 12.0 Å². The number of nitrogens with zero attached hydrogens (tertiary/aromatic N) is 1. The number of fused-ring (bicyclic) bond motifs is 3. The van der Waals surface area contributed by atoms with E-state index in [4.69, 9.17) is 10.8 Å². The molecule has 21 heavy (non-hydrogen) atoms. The number of hydrogen-bond acceptors (Lipinski definition) is 3. The summed E-state index contributed by atoms with van der Waals surface area (Å²) in [5.41, 5.74) is 11.6. The van der Waals surface area contributed by atoms with Gasteiger partial charge in [-0.25, -0.2) is 0 Å². The summed E-state index contributed by atoms with van der Waals surface area (Å²) in [6, 6.07) is 10.4. The van der Waals surface area contributed by atoms with Crippen molar-refractivity contribution >= 4 is 33.2 Å². The first-order valence-electron chi connectivity index (χ1n) is 7.26. The Morgan fingerprint density at radius 3 is 2.81 bits per heavy atom. The summed E-state index contributed by atoms with van der Waals surface area (Å²) in [6.45, 7) is 2.98. The van der Waals surface area contributed by atoms with Gasteiger partial charge in [-0.05, 0) is 31.0 Å². The number of para-hydroxylation sites is 1. The maximum absolute atomic E-state index is 8.96. The lowest BCUT2D eigenvalue weighted by Crippen LogP contribution is -2.06. The molecule has 2 aromatic carbocycles. The smallest absolute Gasteiger partial charge is 0.0745 e. The summed E-state index contributed by atoms with van der Waals surface area (Å²) in [5.74, 6) is 0. The summed E-state index contributed by atoms with van der Waals surface area (Å²) in [4.78, 5) is 0. The lowest BCUT2D eigenvalue weighted by atomic mass is 10.1. The van der Waals surface area contributed by atoms with Gasteiger partial charge in [0.05, 0.1) is 11.2 Å². The van der Waals surface area contributed by atoms with Crippen LogP contribution in [0.2, 0.25) is 0 Å². The lowest BCUT2D eigenvalue weighted by Gasteiger charge is -2.12. The molecule has 1 aromatic heterocycles. The van der Waals surface area contributed by atoms with Gasteiger partial charge in [-0.2, -0.15) is 0 Å². The Hall–Kier alpha value is -2.20. The molecule has 3 rings (SSSR count). The van der Waals surface area contributed by atoms with Gasteiger partial charge in [-0.3, -0.25) is 0 Å². The molecule has 0 spiro atoms. The van der Waals surface area contributed by atoms with Crippen molar-refractivity contribution in [2.45, 2.75) is 13.3 Å². The molecule has 4 nitrogen and oxygen atoms in total. The summed E-state index contributed by atoms with van der Waals surface area (Å²) < 4.78 is 2.18. The third kappa shape index (κ3) is 2.12. The van der Waals surface area contributed by atoms with Gasteiger partial charge in [-0.1, -0.05) is 18.2 Å². The predicted octanol–water partition coefficient (Wildman–Crippen LogP) is 3.02. The van der Waals surface area contributed by atoms with Gasteiger partial charge in [-0.15, -0.1) is 0 Å². The Bertz CT molecular complexity index is 805. The highest BCUT2D eigenvalue weighted by atomic mass is 16.3. The van der Waals surface area contributed by atoms with Crippen LogP contribution in [0.25, 0.3) is 21.8 Å². The van der Waals surface area contributed by atoms with Crippen LogP contribution >= 0.6 is 0 Å². The number of aryl methyl sites for hydroxylation is 2. The molecule has 0 fully saturated rings. The van der Waals surface area contributed by atoms with Crippen LogP contribution in [0.3, 0.4) is 0 Å². The number of nitrogen functional groups attached to an aromatic ring is 1. The average Bonchev–Trinajstić information content (AvgIpc) is 2.79. The minimum atomic E-state index is 0.194. The fourth-order valence-electron chi connectivity index (χ4n) is 2.98. The van der Waals surface area contributed by atoms with Crippen molar-refractivity contribution in [3.05, 3.63) is 35.9 Å². The maximum Gasteiger partial charge on any atom is 0.0745 e. The molecule has 4 heteroatoms. The van der Waals surface area contributed by atoms with E-state index in [0.29, 0.717) is 0 Å². The Morgan fingerprint density at radius 2 is 2.05 bits per heavy atom. The molecule has 0 aliphatic rings. The molecule has 0 radical (unpaired) electrons. The molecular formula is C17H21N3O. The molecule has 0 aliphatic heterocycles. The molecule has 0 aliphatic carbocycles. The number of rotatable bonds is 4. The lowest BCUT2D eigenvalue weighted by molar-refractivity contribution is 0.292. The van der Waals surface area contributed by atoms with Crippen molar-refractivity contribution in [3.63, 3.8) is 0 Å². The van der Waals surface area contributed by atoms with Crippen LogP contribution in [0, 0.1) is 6.92 Å². The van der Waals surface area contributed by atoms with Gasteiger partial charge in [0.15, 0.2) is 0 Å². The minimum Gasteiger partial charge on any atom is -0.398 e. The Morgan fingerprint density at radius 1 is 1.29 bits per heavy atom. The Kier molecular flexibility index (Phi) is 3.47. The third-order valence-electron chi connectivity index (χ3n) is 4.07. The van der Waals surface area contributed by atoms with Crippen LogP contribution in [0.15, 0.2) is 30.3 Å². The van der Waals surface area contributed by atoms with Crippen molar-refractivity contribution in [2.75, 3.05) is 24.2 Å². The zero-order chi connectivity index (χ0) is 15.0. The van der Waals surface area contributed by atoms with E-state index in [1.807, 2.05) is 19.1 Å². The zero-order valence-corrected chi connectivity index (χ0v) is 12.5. The molecule has 0 atom stereocenters. The van der Waals surface area contributed by atoms with E-state index in [0.717, 1.165) is 40.8 Å². The normalized spacial score (nSPS) is 11.4. The Balaban J connectivity index is 2.31. The van der Waals surface area contributed by atoms with Gasteiger partial charge in [0, 0.05) is 42.2 Å². The topological polar surface area (TPSA) is 63.2 Å². The first-order valence-corrected chi connectivity index (χ1v) is 7.26. The maximum atomic E-state index is 8.96. The van der Waals surface area contributed by atoms with E-state index in [-0.39, 0.29) is 6.61 Å². The number of aliphatic hydroxyl groups excluding tert-OH is 1. The molecule has 0 bridgehead atoms. The zero-order valence-electron chi connectivity index (χ0n) is 12.5. The second-order valence-electron chi connectivity index (χ2n) is 5.46. The van der Waals surface area contributed by atoms with E-state index in [1.165, 1.54) is 10.9 Å². The van der Waals surface area contributed by atoms with Gasteiger partial charge < -0.3 is 20.7 Å². The Labute approximate surface area is 124 Å². The van der Waals surface area contributed by atoms with Gasteiger partial charge in [0.1, 0.15) is 0 Å². The molecule has 3 aromatic rings. The number of benzene rings is 2. The van der Waals surface area contributed by atoms with Crippen LogP contribution in [0.5, 0.6) is 0 Å². The van der Waals surface area contributed by atoms with E-state index in [9.17, 15) is 0 Å². The fourth-order valence-corrected chi connectivity index (χ4v) is 2.98. The summed E-state index contributed by atoms with van der Waals surface area (Å²) in [5, 5.41) is 14.7. The number of nitrogens with two attached hydrogens (primary N) is 1. The monoisotopic (exact) mass is 283 g/mol. The first-order chi connectivity index (χ1) is 10.1. The van der Waals surface area contributed by atoms with Gasteiger partial charge >= 0.3 is 0 Å². The van der Waals surface area contributed by atoms with Crippen LogP contribution < -0.4 is 11.1 Å². The predicted molar refractivity (Wildman–Crippen MR) is 89.8 cm³/mol. The quantitative estimate of drug-likeness (QED) is 0.509. The van der Waals surface area contributed by atoms with Crippen molar-refractivity contribution in [1.29, 1.82) is 0 Å². The van der Waals surface area contributed by atoms with E-state index in [1.54, 1.807) is 0 Å². The molecule has 0 unspecified atom stereocenters. The highest BCUT2D eigenvalue weighted by Gasteiger charge is 2.15. The molecule has 0 saturated carbocycles. The highest BCUT2D eigenvalue weighted by Crippen LogP contribution is 2.38. The van der Waals surface area contributed by atoms with Gasteiger partial charge in [0.25, 0.3) is 0 Å². The SMILES string of the molecule is Cc1cc(NCCCO)c2c(c1N)c1ccccc1n2C. The second-order valence-corrected chi connectivity index (χ2v) is 5.46. The summed E-state index contributed by atoms with van der Waals surface area (Å²) >= 11 is 0. The largest absolute Gasteiger partial charge is 0.398 e. The minimum absolute atomic E-state index is 0.194. The fraction of sp³-hybridized carbons (Fsp3) is 0.294. The molecular weight excluding hydrogens is 262 g/mol. The van der Waals surface area contributed by atoms with Crippen molar-refractivity contribution in [1.82, 2.24) is 4.57 Å². The first kappa shape index (κ1) is 13.8. The number of nitrogens with one attached hydrogen (secondary N) is 1. The highest BCUT2D eigenvalue weighted by molar-refractivity contribution is 6.17. The molecule has 1 heterocycles. The number of anilines is 2. The molecule has 4 N–H and O–H groups in total. The van der Waals surface area contributed by atoms with Crippen molar-refractivity contribution in [3.8, 4) is 0 Å². The molecule has 110 valence electrons. The van der Waals surface area contributed by atoms with Crippen molar-refractivity contribution in [2.24, 2.45) is 7.05 Å². The standard InChI is InChI=1S/C17H21N3O/c1-11-10-13(19-8-5-9-21)17-15(16(11)18)12-6-3-4-7-14(12)20(17)2/h3-4,6-7,10,19,21H,5,8-9,18H2,1-2H3. The van der Waals surface area contributed by atoms with E-state index >= 15 is 0 Å². The summed E-state index contributed by atoms with van der Waals surface area (Å²) in [7, 11) is 2.07. The summed E-state index contributed by atoms with van der Waals surface area (Å²) in [6.07, 6.45) is 0.731. The van der Waals surface area contributed by atoms with Crippen LogP contribution in [-0.4, -0.2) is 22.8 Å². The van der Waals surface area contributed by atoms with Crippen LogP contribution in [-0.2, 0) is 7.05 Å². The van der Waals surface area contributed by atoms with Crippen LogP contribution in [0.4, 0.5) is 11.4 Å². The van der Waals surface area contributed by atoms with Gasteiger partial charge in [0.2, 0.25) is 0 Å². The molecule has 0 amide bonds.